The lowest BCUT2D eigenvalue weighted by atomic mass is 9.99. The summed E-state index contributed by atoms with van der Waals surface area (Å²) in [5.74, 6) is 1.18. The van der Waals surface area contributed by atoms with Gasteiger partial charge in [0.25, 0.3) is 0 Å². The molecule has 4 aromatic rings. The van der Waals surface area contributed by atoms with Crippen molar-refractivity contribution in [2.75, 3.05) is 0 Å². The quantitative estimate of drug-likeness (QED) is 0.375. The molecule has 3 aromatic heterocycles. The van der Waals surface area contributed by atoms with Crippen molar-refractivity contribution in [2.24, 2.45) is 7.05 Å². The first-order valence-corrected chi connectivity index (χ1v) is 9.42. The molecular formula is C23H18N2O4. The van der Waals surface area contributed by atoms with Crippen molar-refractivity contribution in [2.45, 2.75) is 20.3 Å². The van der Waals surface area contributed by atoms with Gasteiger partial charge < -0.3 is 13.4 Å². The molecule has 1 aliphatic rings. The standard InChI is InChI=1S/C23H18N2O4/c1-4-13-9-16-15(8-12(13)2)20(26)17(21(16)27)10-14-11-18-23(29-14)24-22(25(18)3)19-6-5-7-28-19/h5-11H,4H2,1-3H3/b17-10+. The Morgan fingerprint density at radius 2 is 1.90 bits per heavy atom. The van der Waals surface area contributed by atoms with Crippen LogP contribution < -0.4 is 0 Å². The first-order chi connectivity index (χ1) is 14.0. The van der Waals surface area contributed by atoms with Crippen LogP contribution >= 0.6 is 0 Å². The molecule has 0 spiro atoms. The van der Waals surface area contributed by atoms with Crippen LogP contribution in [0.3, 0.4) is 0 Å². The number of carbonyl (C=O) groups excluding carboxylic acids is 2. The number of carbonyl (C=O) groups is 2. The molecule has 0 amide bonds. The van der Waals surface area contributed by atoms with E-state index in [-0.39, 0.29) is 17.1 Å². The normalized spacial score (nSPS) is 15.1. The van der Waals surface area contributed by atoms with E-state index in [1.165, 1.54) is 6.08 Å². The number of aryl methyl sites for hydroxylation is 3. The second-order valence-corrected chi connectivity index (χ2v) is 7.20. The fourth-order valence-corrected chi connectivity index (χ4v) is 3.87. The molecule has 0 saturated heterocycles. The summed E-state index contributed by atoms with van der Waals surface area (Å²) in [5, 5.41) is 0. The van der Waals surface area contributed by atoms with Crippen LogP contribution in [-0.4, -0.2) is 21.1 Å². The average Bonchev–Trinajstić information content (AvgIpc) is 3.46. The van der Waals surface area contributed by atoms with E-state index in [1.807, 2.05) is 43.7 Å². The molecule has 0 bridgehead atoms. The van der Waals surface area contributed by atoms with Crippen molar-refractivity contribution in [1.82, 2.24) is 9.55 Å². The van der Waals surface area contributed by atoms with E-state index in [2.05, 4.69) is 4.98 Å². The highest BCUT2D eigenvalue weighted by Gasteiger charge is 2.34. The third-order valence-corrected chi connectivity index (χ3v) is 5.46. The summed E-state index contributed by atoms with van der Waals surface area (Å²) >= 11 is 0. The molecule has 3 heterocycles. The van der Waals surface area contributed by atoms with Crippen molar-refractivity contribution in [3.8, 4) is 11.6 Å². The van der Waals surface area contributed by atoms with Crippen LogP contribution in [0.4, 0.5) is 0 Å². The van der Waals surface area contributed by atoms with E-state index in [1.54, 1.807) is 18.4 Å². The Kier molecular flexibility index (Phi) is 3.71. The lowest BCUT2D eigenvalue weighted by Gasteiger charge is -2.04. The molecule has 0 saturated carbocycles. The summed E-state index contributed by atoms with van der Waals surface area (Å²) in [6.45, 7) is 3.99. The number of hydrogen-bond acceptors (Lipinski definition) is 5. The molecule has 0 unspecified atom stereocenters. The van der Waals surface area contributed by atoms with Gasteiger partial charge in [0, 0.05) is 24.2 Å². The summed E-state index contributed by atoms with van der Waals surface area (Å²) in [6, 6.07) is 9.03. The van der Waals surface area contributed by atoms with Crippen LogP contribution in [-0.2, 0) is 13.5 Å². The van der Waals surface area contributed by atoms with E-state index in [0.29, 0.717) is 34.2 Å². The van der Waals surface area contributed by atoms with Gasteiger partial charge in [0.15, 0.2) is 23.2 Å². The molecule has 144 valence electrons. The van der Waals surface area contributed by atoms with Crippen molar-refractivity contribution < 1.29 is 18.4 Å². The zero-order valence-electron chi connectivity index (χ0n) is 16.3. The fourth-order valence-electron chi connectivity index (χ4n) is 3.87. The minimum atomic E-state index is -0.263. The van der Waals surface area contributed by atoms with Gasteiger partial charge in [-0.15, -0.1) is 0 Å². The summed E-state index contributed by atoms with van der Waals surface area (Å²) < 4.78 is 13.1. The summed E-state index contributed by atoms with van der Waals surface area (Å²) in [4.78, 5) is 30.2. The molecule has 29 heavy (non-hydrogen) atoms. The minimum Gasteiger partial charge on any atom is -0.461 e. The van der Waals surface area contributed by atoms with Crippen LogP contribution in [0.15, 0.2) is 51.0 Å². The second-order valence-electron chi connectivity index (χ2n) is 7.20. The molecule has 5 rings (SSSR count). The first-order valence-electron chi connectivity index (χ1n) is 9.42. The van der Waals surface area contributed by atoms with Gasteiger partial charge in [-0.1, -0.05) is 6.92 Å². The van der Waals surface area contributed by atoms with Crippen molar-refractivity contribution >= 4 is 28.9 Å². The molecule has 6 heteroatoms. The molecule has 0 fully saturated rings. The number of aromatic nitrogens is 2. The van der Waals surface area contributed by atoms with E-state index in [4.69, 9.17) is 8.83 Å². The lowest BCUT2D eigenvalue weighted by molar-refractivity contribution is 0.0990. The molecule has 0 aliphatic heterocycles. The smallest absolute Gasteiger partial charge is 0.245 e. The third-order valence-electron chi connectivity index (χ3n) is 5.46. The molecule has 0 N–H and O–H groups in total. The highest BCUT2D eigenvalue weighted by atomic mass is 16.3. The number of Topliss-reactive ketones (excluding diaryl/α,β-unsaturated/α-hetero) is 2. The molecule has 0 atom stereocenters. The highest BCUT2D eigenvalue weighted by Crippen LogP contribution is 2.32. The maximum absolute atomic E-state index is 12.9. The fraction of sp³-hybridized carbons (Fsp3) is 0.174. The van der Waals surface area contributed by atoms with Gasteiger partial charge in [-0.3, -0.25) is 9.59 Å². The van der Waals surface area contributed by atoms with Gasteiger partial charge >= 0.3 is 0 Å². The van der Waals surface area contributed by atoms with E-state index < -0.39 is 0 Å². The minimum absolute atomic E-state index is 0.123. The van der Waals surface area contributed by atoms with Crippen LogP contribution in [0.1, 0.15) is 44.5 Å². The predicted molar refractivity (Wildman–Crippen MR) is 108 cm³/mol. The number of fused-ring (bicyclic) bond motifs is 2. The van der Waals surface area contributed by atoms with E-state index in [0.717, 1.165) is 23.1 Å². The maximum Gasteiger partial charge on any atom is 0.245 e. The predicted octanol–water partition coefficient (Wildman–Crippen LogP) is 4.76. The summed E-state index contributed by atoms with van der Waals surface area (Å²) in [5.41, 5.74) is 4.32. The van der Waals surface area contributed by atoms with Crippen molar-refractivity contribution in [3.63, 3.8) is 0 Å². The van der Waals surface area contributed by atoms with Crippen LogP contribution in [0.25, 0.3) is 28.9 Å². The topological polar surface area (TPSA) is 78.2 Å². The van der Waals surface area contributed by atoms with Gasteiger partial charge in [0.05, 0.1) is 11.8 Å². The number of nitrogens with zero attached hydrogens (tertiary/aromatic N) is 2. The zero-order valence-corrected chi connectivity index (χ0v) is 16.3. The number of benzene rings is 1. The SMILES string of the molecule is CCc1cc2c(cc1C)C(=O)/C(=C\c1cc3c(nc(-c4ccco4)n3C)o1)C2=O. The summed E-state index contributed by atoms with van der Waals surface area (Å²) in [6.07, 6.45) is 3.91. The Hall–Kier alpha value is -3.67. The molecule has 6 nitrogen and oxygen atoms in total. The number of furan rings is 2. The van der Waals surface area contributed by atoms with Crippen molar-refractivity contribution in [3.05, 3.63) is 70.2 Å². The molecule has 1 aliphatic carbocycles. The zero-order chi connectivity index (χ0) is 20.3. The van der Waals surface area contributed by atoms with Gasteiger partial charge in [-0.05, 0) is 54.8 Å². The van der Waals surface area contributed by atoms with Gasteiger partial charge in [-0.2, -0.15) is 4.98 Å². The molecular weight excluding hydrogens is 368 g/mol. The van der Waals surface area contributed by atoms with Crippen LogP contribution in [0, 0.1) is 6.92 Å². The maximum atomic E-state index is 12.9. The number of allylic oxidation sites excluding steroid dienone is 1. The lowest BCUT2D eigenvalue weighted by Crippen LogP contribution is -2.00. The third kappa shape index (κ3) is 2.52. The van der Waals surface area contributed by atoms with E-state index in [9.17, 15) is 9.59 Å². The Morgan fingerprint density at radius 1 is 1.14 bits per heavy atom. The average molecular weight is 386 g/mol. The highest BCUT2D eigenvalue weighted by molar-refractivity contribution is 6.41. The number of imidazole rings is 1. The Bertz CT molecular complexity index is 1330. The Balaban J connectivity index is 1.56. The van der Waals surface area contributed by atoms with Gasteiger partial charge in [-0.25, -0.2) is 0 Å². The summed E-state index contributed by atoms with van der Waals surface area (Å²) in [7, 11) is 1.86. The van der Waals surface area contributed by atoms with Gasteiger partial charge in [0.2, 0.25) is 5.71 Å². The molecule has 0 radical (unpaired) electrons. The van der Waals surface area contributed by atoms with Crippen molar-refractivity contribution in [1.29, 1.82) is 0 Å². The van der Waals surface area contributed by atoms with Gasteiger partial charge in [0.1, 0.15) is 11.3 Å². The monoisotopic (exact) mass is 386 g/mol. The van der Waals surface area contributed by atoms with Crippen LogP contribution in [0.2, 0.25) is 0 Å². The van der Waals surface area contributed by atoms with Crippen LogP contribution in [0.5, 0.6) is 0 Å². The molecule has 1 aromatic carbocycles. The first kappa shape index (κ1) is 17.4. The number of rotatable bonds is 3. The largest absolute Gasteiger partial charge is 0.461 e. The number of ketones is 2. The second kappa shape index (κ2) is 6.17. The Morgan fingerprint density at radius 3 is 2.55 bits per heavy atom. The Labute approximate surface area is 166 Å². The van der Waals surface area contributed by atoms with E-state index >= 15 is 0 Å². The number of hydrogen-bond donors (Lipinski definition) is 0.